The average molecular weight is 503 g/mol. The molecule has 1 aliphatic heterocycles. The Morgan fingerprint density at radius 1 is 1.24 bits per heavy atom. The third kappa shape index (κ3) is 6.19. The number of anilines is 1. The van der Waals surface area contributed by atoms with E-state index in [2.05, 4.69) is 20.1 Å². The van der Waals surface area contributed by atoms with Crippen LogP contribution in [0.25, 0.3) is 0 Å². The molecule has 13 heteroatoms. The van der Waals surface area contributed by atoms with Crippen LogP contribution in [0.5, 0.6) is 5.75 Å². The molecule has 0 bridgehead atoms. The Kier molecular flexibility index (Phi) is 7.33. The lowest BCUT2D eigenvalue weighted by Gasteiger charge is -2.35. The number of aromatic nitrogens is 3. The third-order valence-electron chi connectivity index (χ3n) is 6.34. The zero-order valence-electron chi connectivity index (χ0n) is 18.8. The minimum atomic E-state index is -4.26. The molecule has 34 heavy (non-hydrogen) atoms. The summed E-state index contributed by atoms with van der Waals surface area (Å²) in [7, 11) is -2.45. The number of alkyl halides is 3. The fraction of sp³-hybridized carbons (Fsp3) is 0.619. The Bertz CT molecular complexity index is 1050. The van der Waals surface area contributed by atoms with Crippen molar-refractivity contribution in [2.24, 2.45) is 5.92 Å². The van der Waals surface area contributed by atoms with Crippen molar-refractivity contribution in [3.63, 3.8) is 0 Å². The standard InChI is InChI=1S/C21H29F3N6O3S/c1-33-19-11-18(34(31,32)28-16-3-7-29(8-4-16)14-21(22,23)24)13-26-20(19)25-12-15-9-17(10-15)30-6-2-5-27-30/h2,5-6,11,13,15-17,28H,3-4,7-10,12,14H2,1H3,(H,25,26). The number of methoxy groups -OCH3 is 1. The van der Waals surface area contributed by atoms with Crippen LogP contribution in [0, 0.1) is 5.92 Å². The first-order valence-electron chi connectivity index (χ1n) is 11.2. The molecular formula is C21H29F3N6O3S. The van der Waals surface area contributed by atoms with Crippen LogP contribution in [-0.2, 0) is 10.0 Å². The monoisotopic (exact) mass is 502 g/mol. The van der Waals surface area contributed by atoms with Gasteiger partial charge >= 0.3 is 6.18 Å². The normalized spacial score (nSPS) is 22.4. The maximum Gasteiger partial charge on any atom is 0.401 e. The lowest BCUT2D eigenvalue weighted by Crippen LogP contribution is -2.47. The Hall–Kier alpha value is -2.38. The molecule has 4 rings (SSSR count). The Morgan fingerprint density at radius 3 is 2.59 bits per heavy atom. The molecule has 0 spiro atoms. The van der Waals surface area contributed by atoms with Gasteiger partial charge in [0.05, 0.1) is 19.7 Å². The Morgan fingerprint density at radius 2 is 1.97 bits per heavy atom. The van der Waals surface area contributed by atoms with Crippen LogP contribution in [0.1, 0.15) is 31.7 Å². The van der Waals surface area contributed by atoms with E-state index in [1.807, 2.05) is 16.9 Å². The first-order chi connectivity index (χ1) is 16.1. The van der Waals surface area contributed by atoms with Gasteiger partial charge in [0.15, 0.2) is 11.6 Å². The predicted molar refractivity (Wildman–Crippen MR) is 119 cm³/mol. The lowest BCUT2D eigenvalue weighted by atomic mass is 9.80. The first kappa shape index (κ1) is 24.7. The SMILES string of the molecule is COc1cc(S(=O)(=O)NC2CCN(CC(F)(F)F)CC2)cnc1NCC1CC(n2cccn2)C1. The highest BCUT2D eigenvalue weighted by atomic mass is 32.2. The van der Waals surface area contributed by atoms with Crippen LogP contribution >= 0.6 is 0 Å². The number of hydrogen-bond donors (Lipinski definition) is 2. The molecule has 1 saturated carbocycles. The summed E-state index contributed by atoms with van der Waals surface area (Å²) in [6.07, 6.45) is 3.33. The number of nitrogens with one attached hydrogen (secondary N) is 2. The quantitative estimate of drug-likeness (QED) is 0.544. The lowest BCUT2D eigenvalue weighted by molar-refractivity contribution is -0.148. The molecule has 0 unspecified atom stereocenters. The van der Waals surface area contributed by atoms with Gasteiger partial charge in [-0.1, -0.05) is 0 Å². The van der Waals surface area contributed by atoms with Crippen molar-refractivity contribution >= 4 is 15.8 Å². The molecular weight excluding hydrogens is 473 g/mol. The zero-order chi connectivity index (χ0) is 24.3. The number of sulfonamides is 1. The maximum atomic E-state index is 12.8. The van der Waals surface area contributed by atoms with Gasteiger partial charge in [0.2, 0.25) is 10.0 Å². The van der Waals surface area contributed by atoms with E-state index in [-0.39, 0.29) is 18.0 Å². The summed E-state index contributed by atoms with van der Waals surface area (Å²) in [6, 6.07) is 3.28. The largest absolute Gasteiger partial charge is 0.493 e. The molecule has 2 N–H and O–H groups in total. The summed E-state index contributed by atoms with van der Waals surface area (Å²) in [6.45, 7) is 0.0634. The summed E-state index contributed by atoms with van der Waals surface area (Å²) in [4.78, 5) is 5.50. The third-order valence-corrected chi connectivity index (χ3v) is 7.83. The number of nitrogens with zero attached hydrogens (tertiary/aromatic N) is 4. The molecule has 2 aliphatic rings. The number of rotatable bonds is 9. The van der Waals surface area contributed by atoms with Crippen molar-refractivity contribution in [2.45, 2.75) is 48.8 Å². The molecule has 2 aromatic heterocycles. The van der Waals surface area contributed by atoms with Gasteiger partial charge in [0.25, 0.3) is 0 Å². The fourth-order valence-electron chi connectivity index (χ4n) is 4.43. The summed E-state index contributed by atoms with van der Waals surface area (Å²) in [5, 5.41) is 7.50. The smallest absolute Gasteiger partial charge is 0.401 e. The Balaban J connectivity index is 1.30. The molecule has 0 amide bonds. The molecule has 0 radical (unpaired) electrons. The minimum Gasteiger partial charge on any atom is -0.493 e. The maximum absolute atomic E-state index is 12.8. The molecule has 2 aromatic rings. The van der Waals surface area contributed by atoms with E-state index in [9.17, 15) is 21.6 Å². The van der Waals surface area contributed by atoms with E-state index in [0.29, 0.717) is 42.9 Å². The molecule has 3 heterocycles. The predicted octanol–water partition coefficient (Wildman–Crippen LogP) is 2.65. The molecule has 1 saturated heterocycles. The van der Waals surface area contributed by atoms with E-state index in [1.165, 1.54) is 24.3 Å². The van der Waals surface area contributed by atoms with Gasteiger partial charge in [-0.25, -0.2) is 18.1 Å². The highest BCUT2D eigenvalue weighted by Gasteiger charge is 2.34. The van der Waals surface area contributed by atoms with Gasteiger partial charge in [-0.3, -0.25) is 9.58 Å². The first-order valence-corrected chi connectivity index (χ1v) is 12.7. The number of pyridine rings is 1. The van der Waals surface area contributed by atoms with Crippen molar-refractivity contribution in [3.8, 4) is 5.75 Å². The van der Waals surface area contributed by atoms with Gasteiger partial charge in [-0.15, -0.1) is 0 Å². The van der Waals surface area contributed by atoms with Crippen LogP contribution in [0.15, 0.2) is 35.6 Å². The van der Waals surface area contributed by atoms with Gasteiger partial charge in [-0.05, 0) is 50.8 Å². The van der Waals surface area contributed by atoms with Crippen molar-refractivity contribution in [2.75, 3.05) is 38.6 Å². The van der Waals surface area contributed by atoms with E-state index in [0.717, 1.165) is 12.8 Å². The number of ether oxygens (including phenoxy) is 1. The second kappa shape index (κ2) is 10.1. The zero-order valence-corrected chi connectivity index (χ0v) is 19.6. The minimum absolute atomic E-state index is 0.0463. The van der Waals surface area contributed by atoms with Crippen LogP contribution in [0.2, 0.25) is 0 Å². The van der Waals surface area contributed by atoms with Crippen LogP contribution in [-0.4, -0.2) is 73.6 Å². The molecule has 0 aromatic carbocycles. The van der Waals surface area contributed by atoms with Gasteiger partial charge in [0.1, 0.15) is 4.90 Å². The van der Waals surface area contributed by atoms with Crippen molar-refractivity contribution in [3.05, 3.63) is 30.7 Å². The number of piperidine rings is 1. The van der Waals surface area contributed by atoms with E-state index in [1.54, 1.807) is 6.20 Å². The average Bonchev–Trinajstić information content (AvgIpc) is 3.27. The Labute approximate surface area is 196 Å². The topological polar surface area (TPSA) is 101 Å². The second-order valence-electron chi connectivity index (χ2n) is 8.87. The summed E-state index contributed by atoms with van der Waals surface area (Å²) < 4.78 is 73.2. The van der Waals surface area contributed by atoms with Gasteiger partial charge in [0, 0.05) is 37.2 Å². The molecule has 188 valence electrons. The summed E-state index contributed by atoms with van der Waals surface area (Å²) in [5.74, 6) is 1.23. The second-order valence-corrected chi connectivity index (χ2v) is 10.6. The molecule has 1 aliphatic carbocycles. The highest BCUT2D eigenvalue weighted by molar-refractivity contribution is 7.89. The highest BCUT2D eigenvalue weighted by Crippen LogP contribution is 2.37. The van der Waals surface area contributed by atoms with Crippen LogP contribution in [0.4, 0.5) is 19.0 Å². The van der Waals surface area contributed by atoms with Gasteiger partial charge in [-0.2, -0.15) is 18.3 Å². The van der Waals surface area contributed by atoms with Crippen molar-refractivity contribution < 1.29 is 26.3 Å². The molecule has 0 atom stereocenters. The number of halogens is 3. The fourth-order valence-corrected chi connectivity index (χ4v) is 5.70. The number of hydrogen-bond acceptors (Lipinski definition) is 7. The van der Waals surface area contributed by atoms with Crippen LogP contribution < -0.4 is 14.8 Å². The summed E-state index contributed by atoms with van der Waals surface area (Å²) in [5.41, 5.74) is 0. The van der Waals surface area contributed by atoms with Gasteiger partial charge < -0.3 is 10.1 Å². The number of likely N-dealkylation sites (tertiary alicyclic amines) is 1. The molecule has 2 fully saturated rings. The van der Waals surface area contributed by atoms with E-state index >= 15 is 0 Å². The van der Waals surface area contributed by atoms with E-state index in [4.69, 9.17) is 4.74 Å². The van der Waals surface area contributed by atoms with Crippen molar-refractivity contribution in [1.29, 1.82) is 0 Å². The van der Waals surface area contributed by atoms with Crippen molar-refractivity contribution in [1.82, 2.24) is 24.4 Å². The van der Waals surface area contributed by atoms with E-state index < -0.39 is 28.8 Å². The molecule has 9 nitrogen and oxygen atoms in total. The summed E-state index contributed by atoms with van der Waals surface area (Å²) >= 11 is 0. The van der Waals surface area contributed by atoms with Crippen LogP contribution in [0.3, 0.4) is 0 Å².